The van der Waals surface area contributed by atoms with Crippen LogP contribution in [0.2, 0.25) is 5.02 Å². The van der Waals surface area contributed by atoms with Crippen molar-refractivity contribution >= 4 is 34.5 Å². The minimum atomic E-state index is -0.141. The summed E-state index contributed by atoms with van der Waals surface area (Å²) in [5.41, 5.74) is 1.38. The summed E-state index contributed by atoms with van der Waals surface area (Å²) >= 11 is 7.35. The van der Waals surface area contributed by atoms with Crippen LogP contribution >= 0.6 is 22.9 Å². The lowest BCUT2D eigenvalue weighted by atomic mass is 10.2. The van der Waals surface area contributed by atoms with Gasteiger partial charge in [-0.2, -0.15) is 0 Å². The molecule has 1 aliphatic carbocycles. The summed E-state index contributed by atoms with van der Waals surface area (Å²) in [6, 6.07) is 12.6. The number of ether oxygens (including phenoxy) is 3. The zero-order valence-corrected chi connectivity index (χ0v) is 19.4. The topological polar surface area (TPSA) is 69.7 Å². The van der Waals surface area contributed by atoms with Gasteiger partial charge in [-0.15, -0.1) is 11.3 Å². The first-order valence-corrected chi connectivity index (χ1v) is 11.8. The van der Waals surface area contributed by atoms with E-state index < -0.39 is 0 Å². The third kappa shape index (κ3) is 6.14. The van der Waals surface area contributed by atoms with E-state index in [1.807, 2.05) is 35.7 Å². The average Bonchev–Trinajstić information content (AvgIpc) is 3.46. The Labute approximate surface area is 196 Å². The minimum Gasteiger partial charge on any atom is -0.493 e. The number of rotatable bonds is 9. The first-order chi connectivity index (χ1) is 15.6. The third-order valence-electron chi connectivity index (χ3n) is 5.16. The van der Waals surface area contributed by atoms with Crippen molar-refractivity contribution in [1.82, 2.24) is 4.98 Å². The fourth-order valence-electron chi connectivity index (χ4n) is 3.57. The van der Waals surface area contributed by atoms with E-state index >= 15 is 0 Å². The van der Waals surface area contributed by atoms with Gasteiger partial charge < -0.3 is 19.5 Å². The molecule has 1 heterocycles. The van der Waals surface area contributed by atoms with Crippen molar-refractivity contribution < 1.29 is 19.0 Å². The molecule has 1 fully saturated rings. The van der Waals surface area contributed by atoms with Crippen LogP contribution in [-0.2, 0) is 17.8 Å². The predicted molar refractivity (Wildman–Crippen MR) is 126 cm³/mol. The monoisotopic (exact) mass is 472 g/mol. The number of carbonyl (C=O) groups is 1. The van der Waals surface area contributed by atoms with Crippen LogP contribution in [0.15, 0.2) is 47.8 Å². The van der Waals surface area contributed by atoms with Crippen LogP contribution in [0.3, 0.4) is 0 Å². The molecule has 0 saturated heterocycles. The largest absolute Gasteiger partial charge is 0.493 e. The van der Waals surface area contributed by atoms with E-state index in [1.54, 1.807) is 19.2 Å². The minimum absolute atomic E-state index is 0.141. The fraction of sp³-hybridized carbons (Fsp3) is 0.333. The average molecular weight is 473 g/mol. The lowest BCUT2D eigenvalue weighted by molar-refractivity contribution is -0.115. The van der Waals surface area contributed by atoms with Gasteiger partial charge in [0.25, 0.3) is 0 Å². The Hall–Kier alpha value is -2.77. The summed E-state index contributed by atoms with van der Waals surface area (Å²) < 4.78 is 17.2. The van der Waals surface area contributed by atoms with Gasteiger partial charge in [-0.05, 0) is 62.1 Å². The molecule has 3 aromatic rings. The van der Waals surface area contributed by atoms with Crippen LogP contribution in [0.5, 0.6) is 17.2 Å². The summed E-state index contributed by atoms with van der Waals surface area (Å²) in [5, 5.41) is 6.27. The Morgan fingerprint density at radius 3 is 2.69 bits per heavy atom. The number of nitrogens with one attached hydrogen (secondary N) is 1. The smallest absolute Gasteiger partial charge is 0.230 e. The molecule has 2 aromatic carbocycles. The maximum absolute atomic E-state index is 12.6. The van der Waals surface area contributed by atoms with Gasteiger partial charge in [0.2, 0.25) is 5.91 Å². The van der Waals surface area contributed by atoms with E-state index in [2.05, 4.69) is 10.3 Å². The number of amides is 1. The molecule has 0 unspecified atom stereocenters. The molecule has 32 heavy (non-hydrogen) atoms. The summed E-state index contributed by atoms with van der Waals surface area (Å²) in [7, 11) is 1.62. The number of anilines is 1. The predicted octanol–water partition coefficient (Wildman–Crippen LogP) is 5.89. The molecule has 168 valence electrons. The second-order valence-electron chi connectivity index (χ2n) is 7.59. The molecule has 0 radical (unpaired) electrons. The van der Waals surface area contributed by atoms with Crippen molar-refractivity contribution in [2.24, 2.45) is 0 Å². The van der Waals surface area contributed by atoms with Gasteiger partial charge in [-0.3, -0.25) is 4.79 Å². The van der Waals surface area contributed by atoms with Crippen LogP contribution in [-0.4, -0.2) is 24.1 Å². The molecule has 0 aliphatic heterocycles. The summed E-state index contributed by atoms with van der Waals surface area (Å²) in [5.74, 6) is 1.91. The zero-order valence-electron chi connectivity index (χ0n) is 17.8. The highest BCUT2D eigenvalue weighted by atomic mass is 35.5. The molecule has 4 rings (SSSR count). The number of nitrogens with zero attached hydrogens (tertiary/aromatic N) is 1. The Morgan fingerprint density at radius 2 is 1.94 bits per heavy atom. The maximum atomic E-state index is 12.6. The third-order valence-corrected chi connectivity index (χ3v) is 6.28. The summed E-state index contributed by atoms with van der Waals surface area (Å²) in [6.07, 6.45) is 4.86. The fourth-order valence-corrected chi connectivity index (χ4v) is 4.41. The Bertz CT molecular complexity index is 1050. The number of methoxy groups -OCH3 is 1. The van der Waals surface area contributed by atoms with Crippen LogP contribution in [0.25, 0.3) is 0 Å². The quantitative estimate of drug-likeness (QED) is 0.420. The summed E-state index contributed by atoms with van der Waals surface area (Å²) in [4.78, 5) is 17.1. The Balaban J connectivity index is 1.32. The molecule has 1 amide bonds. The highest BCUT2D eigenvalue weighted by Gasteiger charge is 2.19. The van der Waals surface area contributed by atoms with E-state index in [-0.39, 0.29) is 18.4 Å². The molecule has 0 spiro atoms. The van der Waals surface area contributed by atoms with Crippen molar-refractivity contribution in [3.63, 3.8) is 0 Å². The molecular formula is C24H25ClN2O4S. The Kier molecular flexibility index (Phi) is 7.50. The molecule has 1 aromatic heterocycles. The molecule has 0 atom stereocenters. The van der Waals surface area contributed by atoms with Gasteiger partial charge in [-0.1, -0.05) is 11.6 Å². The van der Waals surface area contributed by atoms with Gasteiger partial charge in [-0.25, -0.2) is 4.98 Å². The normalized spacial score (nSPS) is 13.7. The van der Waals surface area contributed by atoms with Crippen LogP contribution in [0.1, 0.15) is 36.4 Å². The standard InChI is InChI=1S/C24H25ClN2O4S/c1-29-21-11-8-17(12-22(21)31-20-4-2-3-5-20)26-23(28)13-18-15-32-24(27-18)14-30-19-9-6-16(25)7-10-19/h6-12,15,20H,2-5,13-14H2,1H3,(H,26,28). The van der Waals surface area contributed by atoms with Crippen LogP contribution < -0.4 is 19.5 Å². The molecule has 6 nitrogen and oxygen atoms in total. The lowest BCUT2D eigenvalue weighted by Crippen LogP contribution is -2.15. The number of thiazole rings is 1. The van der Waals surface area contributed by atoms with Gasteiger partial charge >= 0.3 is 0 Å². The van der Waals surface area contributed by atoms with E-state index in [9.17, 15) is 4.79 Å². The number of hydrogen-bond acceptors (Lipinski definition) is 6. The second-order valence-corrected chi connectivity index (χ2v) is 8.97. The maximum Gasteiger partial charge on any atom is 0.230 e. The molecule has 1 saturated carbocycles. The van der Waals surface area contributed by atoms with Crippen LogP contribution in [0.4, 0.5) is 5.69 Å². The molecule has 0 bridgehead atoms. The van der Waals surface area contributed by atoms with E-state index in [0.717, 1.165) is 23.6 Å². The second kappa shape index (κ2) is 10.7. The number of carbonyl (C=O) groups excluding carboxylic acids is 1. The first-order valence-electron chi connectivity index (χ1n) is 10.6. The zero-order chi connectivity index (χ0) is 22.3. The Morgan fingerprint density at radius 1 is 1.16 bits per heavy atom. The number of benzene rings is 2. The van der Waals surface area contributed by atoms with Gasteiger partial charge in [0.15, 0.2) is 11.5 Å². The highest BCUT2D eigenvalue weighted by Crippen LogP contribution is 2.34. The molecule has 1 N–H and O–H groups in total. The van der Waals surface area contributed by atoms with Gasteiger partial charge in [0.05, 0.1) is 25.3 Å². The summed E-state index contributed by atoms with van der Waals surface area (Å²) in [6.45, 7) is 0.342. The molecular weight excluding hydrogens is 448 g/mol. The highest BCUT2D eigenvalue weighted by molar-refractivity contribution is 7.09. The van der Waals surface area contributed by atoms with Crippen molar-refractivity contribution in [3.8, 4) is 17.2 Å². The van der Waals surface area contributed by atoms with E-state index in [4.69, 9.17) is 25.8 Å². The first kappa shape index (κ1) is 22.4. The lowest BCUT2D eigenvalue weighted by Gasteiger charge is -2.17. The van der Waals surface area contributed by atoms with Crippen molar-refractivity contribution in [3.05, 3.63) is 63.6 Å². The molecule has 1 aliphatic rings. The number of aromatic nitrogens is 1. The number of hydrogen-bond donors (Lipinski definition) is 1. The molecule has 8 heteroatoms. The van der Waals surface area contributed by atoms with Crippen LogP contribution in [0, 0.1) is 0 Å². The van der Waals surface area contributed by atoms with Crippen molar-refractivity contribution in [2.75, 3.05) is 12.4 Å². The number of halogens is 1. The van der Waals surface area contributed by atoms with E-state index in [1.165, 1.54) is 24.2 Å². The van der Waals surface area contributed by atoms with Gasteiger partial charge in [0.1, 0.15) is 17.4 Å². The van der Waals surface area contributed by atoms with Gasteiger partial charge in [0, 0.05) is 22.2 Å². The van der Waals surface area contributed by atoms with Crippen molar-refractivity contribution in [2.45, 2.75) is 44.8 Å². The SMILES string of the molecule is COc1ccc(NC(=O)Cc2csc(COc3ccc(Cl)cc3)n2)cc1OC1CCCC1. The van der Waals surface area contributed by atoms with E-state index in [0.29, 0.717) is 34.5 Å². The van der Waals surface area contributed by atoms with Crippen molar-refractivity contribution in [1.29, 1.82) is 0 Å².